The topological polar surface area (TPSA) is 51.4 Å². The van der Waals surface area contributed by atoms with E-state index >= 15 is 0 Å². The van der Waals surface area contributed by atoms with Crippen LogP contribution in [0.1, 0.15) is 11.1 Å². The summed E-state index contributed by atoms with van der Waals surface area (Å²) in [6.07, 6.45) is 1.97. The number of morpholine rings is 1. The van der Waals surface area contributed by atoms with Gasteiger partial charge in [0.2, 0.25) is 0 Å². The van der Waals surface area contributed by atoms with E-state index in [1.165, 1.54) is 11.1 Å². The van der Waals surface area contributed by atoms with Gasteiger partial charge in [0.1, 0.15) is 0 Å². The Morgan fingerprint density at radius 1 is 1.19 bits per heavy atom. The van der Waals surface area contributed by atoms with Crippen molar-refractivity contribution < 1.29 is 4.74 Å². The van der Waals surface area contributed by atoms with Crippen LogP contribution in [-0.2, 0) is 11.3 Å². The fraction of sp³-hybridized carbons (Fsp3) is 0.353. The molecule has 4 heteroatoms. The molecule has 2 N–H and O–H groups in total. The Morgan fingerprint density at radius 2 is 2.00 bits per heavy atom. The van der Waals surface area contributed by atoms with E-state index in [0.29, 0.717) is 0 Å². The highest BCUT2D eigenvalue weighted by Crippen LogP contribution is 2.24. The maximum absolute atomic E-state index is 5.87. The van der Waals surface area contributed by atoms with Gasteiger partial charge in [0.05, 0.1) is 18.9 Å². The Balaban J connectivity index is 1.75. The number of nitrogen functional groups attached to an aromatic ring is 1. The Labute approximate surface area is 125 Å². The lowest BCUT2D eigenvalue weighted by molar-refractivity contribution is 0.0341. The molecule has 0 atom stereocenters. The van der Waals surface area contributed by atoms with Crippen LogP contribution >= 0.6 is 0 Å². The van der Waals surface area contributed by atoms with Crippen molar-refractivity contribution in [3.8, 4) is 11.3 Å². The zero-order valence-electron chi connectivity index (χ0n) is 12.4. The summed E-state index contributed by atoms with van der Waals surface area (Å²) in [5.74, 6) is 0. The summed E-state index contributed by atoms with van der Waals surface area (Å²) in [7, 11) is 0. The Kier molecular flexibility index (Phi) is 4.18. The molecule has 3 rings (SSSR count). The minimum Gasteiger partial charge on any atom is -0.399 e. The first-order valence-corrected chi connectivity index (χ1v) is 7.34. The molecular formula is C17H21N3O. The second kappa shape index (κ2) is 6.24. The van der Waals surface area contributed by atoms with E-state index in [2.05, 4.69) is 28.9 Å². The van der Waals surface area contributed by atoms with E-state index in [0.717, 1.165) is 49.8 Å². The molecule has 1 aromatic carbocycles. The number of nitrogens with zero attached hydrogens (tertiary/aromatic N) is 2. The Hall–Kier alpha value is -1.91. The predicted octanol–water partition coefficient (Wildman–Crippen LogP) is 2.47. The van der Waals surface area contributed by atoms with Crippen molar-refractivity contribution >= 4 is 5.69 Å². The molecule has 2 aromatic rings. The monoisotopic (exact) mass is 283 g/mol. The van der Waals surface area contributed by atoms with Crippen molar-refractivity contribution in [2.75, 3.05) is 32.0 Å². The number of aromatic nitrogens is 1. The molecule has 1 aromatic heterocycles. The Morgan fingerprint density at radius 3 is 2.71 bits per heavy atom. The second-order valence-corrected chi connectivity index (χ2v) is 5.51. The number of hydrogen-bond donors (Lipinski definition) is 1. The minimum atomic E-state index is 0.773. The molecule has 1 aliphatic heterocycles. The lowest BCUT2D eigenvalue weighted by Gasteiger charge is -2.26. The van der Waals surface area contributed by atoms with Crippen molar-refractivity contribution in [1.82, 2.24) is 9.88 Å². The van der Waals surface area contributed by atoms with Gasteiger partial charge in [0.15, 0.2) is 0 Å². The first-order valence-electron chi connectivity index (χ1n) is 7.34. The molecule has 0 saturated carbocycles. The zero-order chi connectivity index (χ0) is 14.7. The van der Waals surface area contributed by atoms with Crippen LogP contribution in [0.2, 0.25) is 0 Å². The highest BCUT2D eigenvalue weighted by Gasteiger charge is 2.11. The number of aryl methyl sites for hydroxylation is 1. The number of anilines is 1. The minimum absolute atomic E-state index is 0.773. The van der Waals surface area contributed by atoms with Crippen LogP contribution in [0.3, 0.4) is 0 Å². The molecule has 0 spiro atoms. The smallest absolute Gasteiger partial charge is 0.0705 e. The fourth-order valence-electron chi connectivity index (χ4n) is 2.61. The number of rotatable bonds is 3. The first-order chi connectivity index (χ1) is 10.2. The Bertz CT molecular complexity index is 604. The maximum atomic E-state index is 5.87. The van der Waals surface area contributed by atoms with E-state index < -0.39 is 0 Å². The van der Waals surface area contributed by atoms with Gasteiger partial charge in [-0.1, -0.05) is 12.1 Å². The van der Waals surface area contributed by atoms with Crippen molar-refractivity contribution in [1.29, 1.82) is 0 Å². The van der Waals surface area contributed by atoms with Crippen molar-refractivity contribution in [2.24, 2.45) is 0 Å². The van der Waals surface area contributed by atoms with E-state index in [-0.39, 0.29) is 0 Å². The normalized spacial score (nSPS) is 16.0. The number of pyridine rings is 1. The molecule has 0 radical (unpaired) electrons. The summed E-state index contributed by atoms with van der Waals surface area (Å²) in [5, 5.41) is 0. The summed E-state index contributed by atoms with van der Waals surface area (Å²) in [6, 6.07) is 10.2. The largest absolute Gasteiger partial charge is 0.399 e. The third kappa shape index (κ3) is 3.40. The highest BCUT2D eigenvalue weighted by atomic mass is 16.5. The van der Waals surface area contributed by atoms with Crippen molar-refractivity contribution in [2.45, 2.75) is 13.5 Å². The standard InChI is InChI=1S/C17H21N3O/c1-13-2-4-15(18)10-16(13)17-5-3-14(11-19-17)12-20-6-8-21-9-7-20/h2-5,10-11H,6-9,12,18H2,1H3. The zero-order valence-corrected chi connectivity index (χ0v) is 12.4. The summed E-state index contributed by atoms with van der Waals surface area (Å²) < 4.78 is 5.37. The van der Waals surface area contributed by atoms with Gasteiger partial charge in [-0.25, -0.2) is 0 Å². The lowest BCUT2D eigenvalue weighted by atomic mass is 10.0. The van der Waals surface area contributed by atoms with Crippen molar-refractivity contribution in [3.05, 3.63) is 47.7 Å². The molecule has 0 aliphatic carbocycles. The third-order valence-corrected chi connectivity index (χ3v) is 3.87. The van der Waals surface area contributed by atoms with Crippen LogP contribution in [0.4, 0.5) is 5.69 Å². The summed E-state index contributed by atoms with van der Waals surface area (Å²) in [5.41, 5.74) is 11.2. The molecule has 21 heavy (non-hydrogen) atoms. The molecule has 1 saturated heterocycles. The average molecular weight is 283 g/mol. The molecule has 1 aliphatic rings. The van der Waals surface area contributed by atoms with Crippen LogP contribution in [0.15, 0.2) is 36.5 Å². The van der Waals surface area contributed by atoms with Crippen LogP contribution in [0.25, 0.3) is 11.3 Å². The molecule has 0 unspecified atom stereocenters. The van der Waals surface area contributed by atoms with Gasteiger partial charge >= 0.3 is 0 Å². The summed E-state index contributed by atoms with van der Waals surface area (Å²) in [4.78, 5) is 7.00. The summed E-state index contributed by atoms with van der Waals surface area (Å²) >= 11 is 0. The highest BCUT2D eigenvalue weighted by molar-refractivity contribution is 5.67. The van der Waals surface area contributed by atoms with E-state index in [1.54, 1.807) is 0 Å². The van der Waals surface area contributed by atoms with Gasteiger partial charge in [-0.2, -0.15) is 0 Å². The molecule has 2 heterocycles. The van der Waals surface area contributed by atoms with Gasteiger partial charge in [-0.05, 0) is 36.2 Å². The van der Waals surface area contributed by atoms with Gasteiger partial charge in [-0.3, -0.25) is 9.88 Å². The number of ether oxygens (including phenoxy) is 1. The van der Waals surface area contributed by atoms with E-state index in [4.69, 9.17) is 10.5 Å². The van der Waals surface area contributed by atoms with Gasteiger partial charge in [-0.15, -0.1) is 0 Å². The second-order valence-electron chi connectivity index (χ2n) is 5.51. The van der Waals surface area contributed by atoms with Gasteiger partial charge < -0.3 is 10.5 Å². The van der Waals surface area contributed by atoms with Gasteiger partial charge in [0, 0.05) is 37.1 Å². The third-order valence-electron chi connectivity index (χ3n) is 3.87. The number of nitrogens with two attached hydrogens (primary N) is 1. The SMILES string of the molecule is Cc1ccc(N)cc1-c1ccc(CN2CCOCC2)cn1. The van der Waals surface area contributed by atoms with Crippen LogP contribution < -0.4 is 5.73 Å². The quantitative estimate of drug-likeness (QED) is 0.879. The lowest BCUT2D eigenvalue weighted by Crippen LogP contribution is -2.35. The number of benzene rings is 1. The van der Waals surface area contributed by atoms with Crippen LogP contribution in [0.5, 0.6) is 0 Å². The molecule has 0 bridgehead atoms. The first kappa shape index (κ1) is 14.0. The molecule has 110 valence electrons. The van der Waals surface area contributed by atoms with E-state index in [1.807, 2.05) is 24.4 Å². The van der Waals surface area contributed by atoms with Crippen molar-refractivity contribution in [3.63, 3.8) is 0 Å². The molecule has 1 fully saturated rings. The van der Waals surface area contributed by atoms with Crippen LogP contribution in [-0.4, -0.2) is 36.2 Å². The van der Waals surface area contributed by atoms with Gasteiger partial charge in [0.25, 0.3) is 0 Å². The average Bonchev–Trinajstić information content (AvgIpc) is 2.52. The summed E-state index contributed by atoms with van der Waals surface area (Å²) in [6.45, 7) is 6.67. The van der Waals surface area contributed by atoms with Crippen LogP contribution in [0, 0.1) is 6.92 Å². The molecule has 0 amide bonds. The number of hydrogen-bond acceptors (Lipinski definition) is 4. The fourth-order valence-corrected chi connectivity index (χ4v) is 2.61. The maximum Gasteiger partial charge on any atom is 0.0705 e. The molecule has 4 nitrogen and oxygen atoms in total. The predicted molar refractivity (Wildman–Crippen MR) is 84.9 cm³/mol. The van der Waals surface area contributed by atoms with E-state index in [9.17, 15) is 0 Å². The molecular weight excluding hydrogens is 262 g/mol.